The smallest absolute Gasteiger partial charge is 0.227 e. The molecule has 8 nitrogen and oxygen atoms in total. The molecule has 1 aromatic carbocycles. The van der Waals surface area contributed by atoms with Crippen LogP contribution in [0.25, 0.3) is 11.2 Å². The number of halogens is 1. The van der Waals surface area contributed by atoms with Crippen LogP contribution in [-0.2, 0) is 6.54 Å². The van der Waals surface area contributed by atoms with E-state index in [9.17, 15) is 14.6 Å². The molecule has 0 amide bonds. The van der Waals surface area contributed by atoms with E-state index in [-0.39, 0.29) is 36.9 Å². The van der Waals surface area contributed by atoms with E-state index in [1.807, 2.05) is 32.3 Å². The molecule has 0 saturated carbocycles. The van der Waals surface area contributed by atoms with Crippen molar-refractivity contribution in [1.29, 1.82) is 0 Å². The highest BCUT2D eigenvalue weighted by atomic mass is 19.1. The van der Waals surface area contributed by atoms with E-state index in [0.29, 0.717) is 28.5 Å². The minimum absolute atomic E-state index is 0.00425. The highest BCUT2D eigenvalue weighted by Gasteiger charge is 2.18. The molecular weight excluding hydrogens is 375 g/mol. The number of rotatable bonds is 8. The number of hydrogen-bond acceptors (Lipinski definition) is 7. The largest absolute Gasteiger partial charge is 0.508 e. The molecule has 0 aliphatic rings. The van der Waals surface area contributed by atoms with Crippen molar-refractivity contribution in [1.82, 2.24) is 19.5 Å². The molecule has 0 spiro atoms. The maximum absolute atomic E-state index is 13.5. The number of aromatic nitrogens is 4. The van der Waals surface area contributed by atoms with Gasteiger partial charge in [-0.2, -0.15) is 9.97 Å². The van der Waals surface area contributed by atoms with Gasteiger partial charge in [0.25, 0.3) is 0 Å². The first-order chi connectivity index (χ1) is 13.8. The Morgan fingerprint density at radius 2 is 1.93 bits per heavy atom. The summed E-state index contributed by atoms with van der Waals surface area (Å²) >= 11 is 0. The molecule has 0 saturated heterocycles. The maximum Gasteiger partial charge on any atom is 0.227 e. The average molecular weight is 402 g/mol. The zero-order chi connectivity index (χ0) is 21.1. The van der Waals surface area contributed by atoms with E-state index >= 15 is 0 Å². The minimum atomic E-state index is -0.429. The standard InChI is InChI=1S/C20H27FN6O2/c1-11(2)15(9-28)24-20-25-18(17-19(26-20)27(10-23-17)12(3)4)22-8-13-7-14(21)5-6-16(13)29/h5-7,10-12,15,28-29H,8-9H2,1-4H3,(H2,22,24,25,26). The highest BCUT2D eigenvalue weighted by Crippen LogP contribution is 2.26. The number of phenolic OH excluding ortho intramolecular Hbond substituents is 1. The molecule has 29 heavy (non-hydrogen) atoms. The summed E-state index contributed by atoms with van der Waals surface area (Å²) in [5.74, 6) is 0.562. The number of hydrogen-bond donors (Lipinski definition) is 4. The first-order valence-electron chi connectivity index (χ1n) is 9.63. The van der Waals surface area contributed by atoms with E-state index < -0.39 is 5.82 Å². The van der Waals surface area contributed by atoms with E-state index in [1.54, 1.807) is 6.33 Å². The highest BCUT2D eigenvalue weighted by molar-refractivity contribution is 5.84. The van der Waals surface area contributed by atoms with Crippen molar-refractivity contribution in [2.45, 2.75) is 46.3 Å². The van der Waals surface area contributed by atoms with Gasteiger partial charge in [0.2, 0.25) is 5.95 Å². The Hall–Kier alpha value is -2.94. The van der Waals surface area contributed by atoms with Crippen LogP contribution in [0.15, 0.2) is 24.5 Å². The van der Waals surface area contributed by atoms with Crippen LogP contribution in [0.4, 0.5) is 16.2 Å². The number of phenols is 1. The summed E-state index contributed by atoms with van der Waals surface area (Å²) in [5.41, 5.74) is 1.62. The van der Waals surface area contributed by atoms with Gasteiger partial charge in [-0.1, -0.05) is 13.8 Å². The number of benzene rings is 1. The number of aliphatic hydroxyl groups is 1. The lowest BCUT2D eigenvalue weighted by Gasteiger charge is -2.20. The van der Waals surface area contributed by atoms with Gasteiger partial charge in [-0.3, -0.25) is 0 Å². The Morgan fingerprint density at radius 1 is 1.17 bits per heavy atom. The fourth-order valence-corrected chi connectivity index (χ4v) is 2.95. The van der Waals surface area contributed by atoms with Crippen molar-refractivity contribution in [3.63, 3.8) is 0 Å². The van der Waals surface area contributed by atoms with E-state index in [0.717, 1.165) is 0 Å². The summed E-state index contributed by atoms with van der Waals surface area (Å²) in [6.45, 7) is 8.16. The van der Waals surface area contributed by atoms with E-state index in [2.05, 4.69) is 25.6 Å². The lowest BCUT2D eigenvalue weighted by Crippen LogP contribution is -2.30. The van der Waals surface area contributed by atoms with Crippen LogP contribution in [0, 0.1) is 11.7 Å². The van der Waals surface area contributed by atoms with Crippen molar-refractivity contribution >= 4 is 22.9 Å². The summed E-state index contributed by atoms with van der Waals surface area (Å²) in [4.78, 5) is 13.5. The number of aromatic hydroxyl groups is 1. The fourth-order valence-electron chi connectivity index (χ4n) is 2.95. The monoisotopic (exact) mass is 402 g/mol. The SMILES string of the molecule is CC(C)C(CO)Nc1nc(NCc2cc(F)ccc2O)c2ncn(C(C)C)c2n1. The van der Waals surface area contributed by atoms with Crippen LogP contribution >= 0.6 is 0 Å². The summed E-state index contributed by atoms with van der Waals surface area (Å²) < 4.78 is 15.5. The van der Waals surface area contributed by atoms with Crippen LogP contribution < -0.4 is 10.6 Å². The third-order valence-electron chi connectivity index (χ3n) is 4.78. The number of nitrogens with zero attached hydrogens (tertiary/aromatic N) is 4. The van der Waals surface area contributed by atoms with Crippen molar-refractivity contribution in [3.05, 3.63) is 35.9 Å². The van der Waals surface area contributed by atoms with Crippen LogP contribution in [0.3, 0.4) is 0 Å². The fraction of sp³-hybridized carbons (Fsp3) is 0.450. The van der Waals surface area contributed by atoms with Crippen LogP contribution in [0.5, 0.6) is 5.75 Å². The van der Waals surface area contributed by atoms with Crippen LogP contribution in [0.2, 0.25) is 0 Å². The molecule has 3 aromatic rings. The summed E-state index contributed by atoms with van der Waals surface area (Å²) in [5, 5.41) is 25.9. The Kier molecular flexibility index (Phi) is 6.17. The van der Waals surface area contributed by atoms with Gasteiger partial charge in [0.15, 0.2) is 17.0 Å². The lowest BCUT2D eigenvalue weighted by atomic mass is 10.1. The molecule has 0 fully saturated rings. The van der Waals surface area contributed by atoms with Crippen molar-refractivity contribution < 1.29 is 14.6 Å². The Morgan fingerprint density at radius 3 is 2.59 bits per heavy atom. The molecule has 0 aliphatic heterocycles. The van der Waals surface area contributed by atoms with Crippen molar-refractivity contribution in [2.24, 2.45) is 5.92 Å². The van der Waals surface area contributed by atoms with Gasteiger partial charge in [0, 0.05) is 18.2 Å². The number of imidazole rings is 1. The molecule has 0 radical (unpaired) electrons. The summed E-state index contributed by atoms with van der Waals surface area (Å²) in [6, 6.07) is 3.73. The predicted molar refractivity (Wildman–Crippen MR) is 110 cm³/mol. The molecule has 156 valence electrons. The topological polar surface area (TPSA) is 108 Å². The van der Waals surface area contributed by atoms with Gasteiger partial charge < -0.3 is 25.4 Å². The first kappa shape index (κ1) is 20.8. The molecule has 4 N–H and O–H groups in total. The molecule has 0 aliphatic carbocycles. The zero-order valence-corrected chi connectivity index (χ0v) is 17.0. The average Bonchev–Trinajstić information content (AvgIpc) is 3.10. The summed E-state index contributed by atoms with van der Waals surface area (Å²) in [6.07, 6.45) is 1.70. The van der Waals surface area contributed by atoms with Gasteiger partial charge in [-0.05, 0) is 38.0 Å². The normalized spacial score (nSPS) is 12.7. The second kappa shape index (κ2) is 8.60. The molecule has 0 bridgehead atoms. The predicted octanol–water partition coefficient (Wildman–Crippen LogP) is 3.29. The Bertz CT molecular complexity index is 989. The Labute approximate surface area is 168 Å². The van der Waals surface area contributed by atoms with Gasteiger partial charge in [0.1, 0.15) is 11.6 Å². The quantitative estimate of drug-likeness (QED) is 0.458. The third-order valence-corrected chi connectivity index (χ3v) is 4.78. The first-order valence-corrected chi connectivity index (χ1v) is 9.63. The lowest BCUT2D eigenvalue weighted by molar-refractivity contribution is 0.248. The van der Waals surface area contributed by atoms with E-state index in [1.165, 1.54) is 18.2 Å². The van der Waals surface area contributed by atoms with Gasteiger partial charge in [-0.25, -0.2) is 9.37 Å². The molecule has 1 unspecified atom stereocenters. The molecular formula is C20H27FN6O2. The van der Waals surface area contributed by atoms with Crippen LogP contribution in [-0.4, -0.2) is 42.4 Å². The molecule has 1 atom stereocenters. The second-order valence-electron chi connectivity index (χ2n) is 7.62. The molecule has 9 heteroatoms. The number of nitrogens with one attached hydrogen (secondary N) is 2. The molecule has 2 aromatic heterocycles. The minimum Gasteiger partial charge on any atom is -0.508 e. The maximum atomic E-state index is 13.5. The molecule has 3 rings (SSSR count). The third kappa shape index (κ3) is 4.56. The summed E-state index contributed by atoms with van der Waals surface area (Å²) in [7, 11) is 0. The molecule has 2 heterocycles. The number of aliphatic hydroxyl groups excluding tert-OH is 1. The zero-order valence-electron chi connectivity index (χ0n) is 17.0. The van der Waals surface area contributed by atoms with Crippen molar-refractivity contribution in [2.75, 3.05) is 17.2 Å². The van der Waals surface area contributed by atoms with Gasteiger partial charge in [-0.15, -0.1) is 0 Å². The van der Waals surface area contributed by atoms with Gasteiger partial charge in [0.05, 0.1) is 19.0 Å². The second-order valence-corrected chi connectivity index (χ2v) is 7.62. The van der Waals surface area contributed by atoms with Gasteiger partial charge >= 0.3 is 0 Å². The Balaban J connectivity index is 1.98. The van der Waals surface area contributed by atoms with E-state index in [4.69, 9.17) is 0 Å². The van der Waals surface area contributed by atoms with Crippen LogP contribution in [0.1, 0.15) is 39.3 Å². The van der Waals surface area contributed by atoms with Crippen molar-refractivity contribution in [3.8, 4) is 5.75 Å². The number of fused-ring (bicyclic) bond motifs is 1. The number of anilines is 2.